The van der Waals surface area contributed by atoms with E-state index in [9.17, 15) is 4.79 Å². The van der Waals surface area contributed by atoms with E-state index in [-0.39, 0.29) is 29.9 Å². The third-order valence-corrected chi connectivity index (χ3v) is 4.08. The van der Waals surface area contributed by atoms with Gasteiger partial charge in [-0.3, -0.25) is 9.79 Å². The molecule has 2 fully saturated rings. The van der Waals surface area contributed by atoms with E-state index >= 15 is 0 Å². The first-order valence-corrected chi connectivity index (χ1v) is 8.33. The Hall–Kier alpha value is -0.530. The highest BCUT2D eigenvalue weighted by Gasteiger charge is 2.30. The molecule has 2 N–H and O–H groups in total. The summed E-state index contributed by atoms with van der Waals surface area (Å²) in [7, 11) is 0. The minimum Gasteiger partial charge on any atom is -0.357 e. The van der Waals surface area contributed by atoms with E-state index < -0.39 is 0 Å². The van der Waals surface area contributed by atoms with Gasteiger partial charge >= 0.3 is 0 Å². The molecule has 0 spiro atoms. The molecule has 1 saturated carbocycles. The molecule has 6 heteroatoms. The second-order valence-corrected chi connectivity index (χ2v) is 7.02. The molecule has 1 amide bonds. The maximum atomic E-state index is 11.6. The van der Waals surface area contributed by atoms with Crippen LogP contribution in [0, 0.1) is 5.41 Å². The molecule has 0 aromatic carbocycles. The number of nitrogens with zero attached hydrogens (tertiary/aromatic N) is 2. The fourth-order valence-electron chi connectivity index (χ4n) is 2.67. The number of carbonyl (C=O) groups is 1. The van der Waals surface area contributed by atoms with Crippen LogP contribution in [0.5, 0.6) is 0 Å². The molecule has 1 saturated heterocycles. The van der Waals surface area contributed by atoms with Crippen LogP contribution in [0.2, 0.25) is 0 Å². The van der Waals surface area contributed by atoms with Crippen LogP contribution < -0.4 is 10.6 Å². The zero-order valence-electron chi connectivity index (χ0n) is 14.2. The van der Waals surface area contributed by atoms with Crippen molar-refractivity contribution < 1.29 is 4.79 Å². The monoisotopic (exact) mass is 422 g/mol. The van der Waals surface area contributed by atoms with Gasteiger partial charge in [-0.05, 0) is 38.0 Å². The lowest BCUT2D eigenvalue weighted by molar-refractivity contribution is -0.121. The van der Waals surface area contributed by atoms with Gasteiger partial charge in [0.15, 0.2) is 5.96 Å². The van der Waals surface area contributed by atoms with Crippen molar-refractivity contribution >= 4 is 35.8 Å². The van der Waals surface area contributed by atoms with E-state index in [0.29, 0.717) is 17.9 Å². The van der Waals surface area contributed by atoms with E-state index in [2.05, 4.69) is 41.3 Å². The zero-order valence-corrected chi connectivity index (χ0v) is 16.5. The predicted molar refractivity (Wildman–Crippen MR) is 102 cm³/mol. The third kappa shape index (κ3) is 6.71. The summed E-state index contributed by atoms with van der Waals surface area (Å²) in [6.07, 6.45) is 4.93. The van der Waals surface area contributed by atoms with Gasteiger partial charge in [-0.15, -0.1) is 24.0 Å². The minimum atomic E-state index is 0. The summed E-state index contributed by atoms with van der Waals surface area (Å²) in [4.78, 5) is 18.6. The fraction of sp³-hybridized carbons (Fsp3) is 0.875. The molecule has 0 atom stereocenters. The summed E-state index contributed by atoms with van der Waals surface area (Å²) in [6, 6.07) is 0.463. The normalized spacial score (nSPS) is 20.5. The van der Waals surface area contributed by atoms with E-state index in [4.69, 9.17) is 0 Å². The van der Waals surface area contributed by atoms with Gasteiger partial charge in [0.05, 0.1) is 0 Å². The molecule has 0 bridgehead atoms. The largest absolute Gasteiger partial charge is 0.357 e. The highest BCUT2D eigenvalue weighted by atomic mass is 127. The van der Waals surface area contributed by atoms with E-state index in [1.165, 1.54) is 6.42 Å². The van der Waals surface area contributed by atoms with Gasteiger partial charge in [0.2, 0.25) is 5.91 Å². The summed E-state index contributed by atoms with van der Waals surface area (Å²) in [5.41, 5.74) is 0.375. The van der Waals surface area contributed by atoms with Gasteiger partial charge < -0.3 is 15.5 Å². The van der Waals surface area contributed by atoms with Crippen LogP contribution in [0.1, 0.15) is 52.9 Å². The van der Waals surface area contributed by atoms with Crippen molar-refractivity contribution in [3.8, 4) is 0 Å². The number of hydrogen-bond acceptors (Lipinski definition) is 2. The molecular weight excluding hydrogens is 391 g/mol. The molecule has 0 radical (unpaired) electrons. The standard InChI is InChI=1S/C16H30N4O.HI/c1-4-17-15(20-11-9-16(2,3)12-20)18-10-5-6-14(21)19-13-7-8-13;/h13H,4-12H2,1-3H3,(H,17,18)(H,19,21);1H. The van der Waals surface area contributed by atoms with Crippen LogP contribution in [-0.4, -0.2) is 49.0 Å². The Balaban J connectivity index is 0.00000242. The van der Waals surface area contributed by atoms with E-state index in [1.807, 2.05) is 0 Å². The van der Waals surface area contributed by atoms with Crippen LogP contribution in [0.3, 0.4) is 0 Å². The van der Waals surface area contributed by atoms with Crippen LogP contribution in [0.4, 0.5) is 0 Å². The molecule has 2 aliphatic rings. The van der Waals surface area contributed by atoms with Crippen molar-refractivity contribution in [3.05, 3.63) is 0 Å². The third-order valence-electron chi connectivity index (χ3n) is 4.08. The van der Waals surface area contributed by atoms with Crippen LogP contribution in [0.25, 0.3) is 0 Å². The zero-order chi connectivity index (χ0) is 15.3. The summed E-state index contributed by atoms with van der Waals surface area (Å²) in [5, 5.41) is 6.39. The highest BCUT2D eigenvalue weighted by molar-refractivity contribution is 14.0. The number of carbonyl (C=O) groups excluding carboxylic acids is 1. The van der Waals surface area contributed by atoms with Gasteiger partial charge in [-0.25, -0.2) is 0 Å². The number of amides is 1. The molecule has 0 unspecified atom stereocenters. The average molecular weight is 422 g/mol. The maximum absolute atomic E-state index is 11.6. The van der Waals surface area contributed by atoms with Crippen LogP contribution >= 0.6 is 24.0 Å². The van der Waals surface area contributed by atoms with Crippen LogP contribution in [0.15, 0.2) is 4.99 Å². The SMILES string of the molecule is CCNC(=NCCCC(=O)NC1CC1)N1CCC(C)(C)C1.I. The molecule has 1 aliphatic carbocycles. The topological polar surface area (TPSA) is 56.7 Å². The Bertz CT molecular complexity index is 394. The van der Waals surface area contributed by atoms with Crippen molar-refractivity contribution in [2.45, 2.75) is 58.9 Å². The summed E-state index contributed by atoms with van der Waals surface area (Å²) in [5.74, 6) is 1.19. The van der Waals surface area contributed by atoms with Crippen molar-refractivity contribution in [1.82, 2.24) is 15.5 Å². The number of hydrogen-bond donors (Lipinski definition) is 2. The van der Waals surface area contributed by atoms with Crippen molar-refractivity contribution in [3.63, 3.8) is 0 Å². The van der Waals surface area contributed by atoms with E-state index in [1.54, 1.807) is 0 Å². The molecule has 22 heavy (non-hydrogen) atoms. The lowest BCUT2D eigenvalue weighted by atomic mass is 9.93. The second kappa shape index (κ2) is 8.93. The molecule has 0 aromatic heterocycles. The van der Waals surface area contributed by atoms with Gasteiger partial charge in [-0.1, -0.05) is 13.8 Å². The Morgan fingerprint density at radius 3 is 2.64 bits per heavy atom. The van der Waals surface area contributed by atoms with Gasteiger partial charge in [-0.2, -0.15) is 0 Å². The predicted octanol–water partition coefficient (Wildman–Crippen LogP) is 2.36. The Morgan fingerprint density at radius 1 is 1.36 bits per heavy atom. The molecule has 0 aromatic rings. The Labute approximate surface area is 151 Å². The number of aliphatic imine (C=N–C) groups is 1. The highest BCUT2D eigenvalue weighted by Crippen LogP contribution is 2.28. The van der Waals surface area contributed by atoms with Crippen molar-refractivity contribution in [2.24, 2.45) is 10.4 Å². The van der Waals surface area contributed by atoms with Gasteiger partial charge in [0, 0.05) is 38.6 Å². The number of rotatable bonds is 6. The first-order valence-electron chi connectivity index (χ1n) is 8.33. The van der Waals surface area contributed by atoms with Crippen molar-refractivity contribution in [2.75, 3.05) is 26.2 Å². The lowest BCUT2D eigenvalue weighted by Crippen LogP contribution is -2.40. The minimum absolute atomic E-state index is 0. The lowest BCUT2D eigenvalue weighted by Gasteiger charge is -2.23. The number of likely N-dealkylation sites (tertiary alicyclic amines) is 1. The summed E-state index contributed by atoms with van der Waals surface area (Å²) in [6.45, 7) is 10.4. The Kier molecular flexibility index (Phi) is 7.93. The summed E-state index contributed by atoms with van der Waals surface area (Å²) < 4.78 is 0. The van der Waals surface area contributed by atoms with Gasteiger partial charge in [0.25, 0.3) is 0 Å². The summed E-state index contributed by atoms with van der Waals surface area (Å²) >= 11 is 0. The second-order valence-electron chi connectivity index (χ2n) is 7.02. The molecular formula is C16H31IN4O. The number of halogens is 1. The molecule has 1 aliphatic heterocycles. The molecule has 2 rings (SSSR count). The fourth-order valence-corrected chi connectivity index (χ4v) is 2.67. The van der Waals surface area contributed by atoms with Gasteiger partial charge in [0.1, 0.15) is 0 Å². The molecule has 5 nitrogen and oxygen atoms in total. The Morgan fingerprint density at radius 2 is 2.09 bits per heavy atom. The van der Waals surface area contributed by atoms with Crippen LogP contribution in [-0.2, 0) is 4.79 Å². The van der Waals surface area contributed by atoms with E-state index in [0.717, 1.165) is 51.4 Å². The first kappa shape index (κ1) is 19.5. The number of guanidine groups is 1. The first-order chi connectivity index (χ1) is 10.00. The molecule has 128 valence electrons. The maximum Gasteiger partial charge on any atom is 0.220 e. The molecule has 1 heterocycles. The average Bonchev–Trinajstić information content (AvgIpc) is 3.15. The quantitative estimate of drug-likeness (QED) is 0.299. The van der Waals surface area contributed by atoms with Crippen molar-refractivity contribution in [1.29, 1.82) is 0 Å². The smallest absolute Gasteiger partial charge is 0.220 e. The number of nitrogens with one attached hydrogen (secondary N) is 2.